The number of hydrogen-bond donors (Lipinski definition) is 2. The molecule has 28 heavy (non-hydrogen) atoms. The lowest BCUT2D eigenvalue weighted by atomic mass is 10.1. The summed E-state index contributed by atoms with van der Waals surface area (Å²) in [6.07, 6.45) is -1.19. The highest BCUT2D eigenvalue weighted by molar-refractivity contribution is 9.10. The van der Waals surface area contributed by atoms with Crippen LogP contribution in [0.1, 0.15) is 29.9 Å². The van der Waals surface area contributed by atoms with Crippen LogP contribution in [0.2, 0.25) is 0 Å². The maximum Gasteiger partial charge on any atom is 0.417 e. The Balaban J connectivity index is 1.40. The number of nitrogens with zero attached hydrogens (tertiary/aromatic N) is 2. The van der Waals surface area contributed by atoms with E-state index in [1.54, 1.807) is 0 Å². The van der Waals surface area contributed by atoms with Crippen LogP contribution in [0.4, 0.5) is 24.8 Å². The Labute approximate surface area is 168 Å². The molecule has 0 spiro atoms. The molecule has 0 saturated heterocycles. The topological polar surface area (TPSA) is 49.8 Å². The summed E-state index contributed by atoms with van der Waals surface area (Å²) in [4.78, 5) is 8.58. The lowest BCUT2D eigenvalue weighted by Gasteiger charge is -2.13. The molecule has 2 aromatic heterocycles. The largest absolute Gasteiger partial charge is 0.417 e. The van der Waals surface area contributed by atoms with Gasteiger partial charge in [0.25, 0.3) is 0 Å². The Morgan fingerprint density at radius 1 is 1.04 bits per heavy atom. The van der Waals surface area contributed by atoms with Gasteiger partial charge in [-0.05, 0) is 60.7 Å². The molecule has 0 aliphatic heterocycles. The quantitative estimate of drug-likeness (QED) is 0.465. The third-order valence-electron chi connectivity index (χ3n) is 4.64. The first-order valence-corrected chi connectivity index (χ1v) is 9.80. The van der Waals surface area contributed by atoms with E-state index in [-0.39, 0.29) is 0 Å². The lowest BCUT2D eigenvalue weighted by Crippen LogP contribution is -2.16. The number of fused-ring (bicyclic) bond motifs is 1. The minimum absolute atomic E-state index is 0.411. The van der Waals surface area contributed by atoms with E-state index in [2.05, 4.69) is 43.7 Å². The van der Waals surface area contributed by atoms with Gasteiger partial charge in [-0.25, -0.2) is 9.97 Å². The van der Waals surface area contributed by atoms with Crippen LogP contribution < -0.4 is 10.6 Å². The van der Waals surface area contributed by atoms with Crippen LogP contribution in [-0.4, -0.2) is 23.1 Å². The standard InChI is InChI=1S/C20H18BrF3N4/c21-15-4-5-17-13(9-15)10-16(12-1-2-12)19(28-17)26-8-7-25-18-6-3-14(11-27-18)20(22,23)24/h3-6,9-12H,1-2,7-8H2,(H,25,27)(H,26,28). The molecule has 1 aliphatic rings. The molecule has 8 heteroatoms. The number of rotatable bonds is 6. The Bertz CT molecular complexity index is 985. The first-order valence-electron chi connectivity index (χ1n) is 9.01. The number of aromatic nitrogens is 2. The molecule has 2 N–H and O–H groups in total. The van der Waals surface area contributed by atoms with Crippen molar-refractivity contribution in [1.29, 1.82) is 0 Å². The molecule has 3 aromatic rings. The van der Waals surface area contributed by atoms with Gasteiger partial charge < -0.3 is 10.6 Å². The van der Waals surface area contributed by atoms with Crippen LogP contribution in [0.25, 0.3) is 10.9 Å². The highest BCUT2D eigenvalue weighted by Gasteiger charge is 2.30. The van der Waals surface area contributed by atoms with E-state index in [0.29, 0.717) is 24.8 Å². The molecule has 1 saturated carbocycles. The van der Waals surface area contributed by atoms with E-state index in [4.69, 9.17) is 4.98 Å². The van der Waals surface area contributed by atoms with Crippen molar-refractivity contribution in [2.75, 3.05) is 23.7 Å². The minimum Gasteiger partial charge on any atom is -0.368 e. The molecule has 1 aliphatic carbocycles. The van der Waals surface area contributed by atoms with Crippen LogP contribution in [0.5, 0.6) is 0 Å². The van der Waals surface area contributed by atoms with Gasteiger partial charge in [-0.1, -0.05) is 15.9 Å². The summed E-state index contributed by atoms with van der Waals surface area (Å²) < 4.78 is 38.8. The van der Waals surface area contributed by atoms with E-state index in [0.717, 1.165) is 33.5 Å². The van der Waals surface area contributed by atoms with Gasteiger partial charge >= 0.3 is 6.18 Å². The number of pyridine rings is 2. The molecule has 0 bridgehead atoms. The zero-order valence-corrected chi connectivity index (χ0v) is 16.4. The van der Waals surface area contributed by atoms with Crippen molar-refractivity contribution in [3.05, 3.63) is 58.2 Å². The number of alkyl halides is 3. The van der Waals surface area contributed by atoms with E-state index < -0.39 is 11.7 Å². The molecule has 1 fully saturated rings. The van der Waals surface area contributed by atoms with Crippen LogP contribution in [0.15, 0.2) is 47.1 Å². The van der Waals surface area contributed by atoms with Crippen molar-refractivity contribution in [3.63, 3.8) is 0 Å². The first-order chi connectivity index (χ1) is 13.4. The Morgan fingerprint density at radius 3 is 2.50 bits per heavy atom. The van der Waals surface area contributed by atoms with Gasteiger partial charge in [0.2, 0.25) is 0 Å². The second kappa shape index (κ2) is 7.58. The minimum atomic E-state index is -4.37. The zero-order valence-electron chi connectivity index (χ0n) is 14.9. The van der Waals surface area contributed by atoms with E-state index in [9.17, 15) is 13.2 Å². The predicted molar refractivity (Wildman–Crippen MR) is 108 cm³/mol. The molecule has 0 atom stereocenters. The molecule has 0 unspecified atom stereocenters. The third kappa shape index (κ3) is 4.38. The average molecular weight is 451 g/mol. The van der Waals surface area contributed by atoms with Crippen molar-refractivity contribution >= 4 is 38.5 Å². The number of anilines is 2. The fraction of sp³-hybridized carbons (Fsp3) is 0.300. The van der Waals surface area contributed by atoms with Gasteiger partial charge in [0.15, 0.2) is 0 Å². The Hall–Kier alpha value is -2.35. The van der Waals surface area contributed by atoms with Crippen LogP contribution in [-0.2, 0) is 6.18 Å². The maximum atomic E-state index is 12.6. The summed E-state index contributed by atoms with van der Waals surface area (Å²) in [5.74, 6) is 1.83. The summed E-state index contributed by atoms with van der Waals surface area (Å²) in [6, 6.07) is 10.6. The lowest BCUT2D eigenvalue weighted by molar-refractivity contribution is -0.137. The number of hydrogen-bond acceptors (Lipinski definition) is 4. The molecule has 146 valence electrons. The number of halogens is 4. The molecule has 0 radical (unpaired) electrons. The molecular weight excluding hydrogens is 433 g/mol. The van der Waals surface area contributed by atoms with Crippen molar-refractivity contribution in [2.45, 2.75) is 24.9 Å². The molecule has 4 nitrogen and oxygen atoms in total. The molecule has 2 heterocycles. The summed E-state index contributed by atoms with van der Waals surface area (Å²) in [6.45, 7) is 1.10. The molecular formula is C20H18BrF3N4. The van der Waals surface area contributed by atoms with Gasteiger partial charge in [0.05, 0.1) is 11.1 Å². The van der Waals surface area contributed by atoms with E-state index >= 15 is 0 Å². The van der Waals surface area contributed by atoms with Crippen LogP contribution in [0.3, 0.4) is 0 Å². The third-order valence-corrected chi connectivity index (χ3v) is 5.13. The second-order valence-corrected chi connectivity index (χ2v) is 7.74. The van der Waals surface area contributed by atoms with E-state index in [1.807, 2.05) is 12.1 Å². The van der Waals surface area contributed by atoms with Crippen molar-refractivity contribution in [3.8, 4) is 0 Å². The van der Waals surface area contributed by atoms with Crippen molar-refractivity contribution < 1.29 is 13.2 Å². The first kappa shape index (κ1) is 19.0. The normalized spacial score (nSPS) is 14.3. The fourth-order valence-electron chi connectivity index (χ4n) is 3.05. The van der Waals surface area contributed by atoms with Gasteiger partial charge in [-0.2, -0.15) is 13.2 Å². The molecule has 0 amide bonds. The average Bonchev–Trinajstić information content (AvgIpc) is 3.49. The van der Waals surface area contributed by atoms with Gasteiger partial charge in [0.1, 0.15) is 11.6 Å². The maximum absolute atomic E-state index is 12.6. The Kier molecular flexibility index (Phi) is 5.14. The number of nitrogens with one attached hydrogen (secondary N) is 2. The predicted octanol–water partition coefficient (Wildman–Crippen LogP) is 5.81. The van der Waals surface area contributed by atoms with Crippen LogP contribution in [0, 0.1) is 0 Å². The van der Waals surface area contributed by atoms with Gasteiger partial charge in [-0.3, -0.25) is 0 Å². The SMILES string of the molecule is FC(F)(F)c1ccc(NCCNc2nc3ccc(Br)cc3cc2C2CC2)nc1. The summed E-state index contributed by atoms with van der Waals surface area (Å²) >= 11 is 3.50. The molecule has 1 aromatic carbocycles. The molecule has 4 rings (SSSR count). The summed E-state index contributed by atoms with van der Waals surface area (Å²) in [7, 11) is 0. The summed E-state index contributed by atoms with van der Waals surface area (Å²) in [5.41, 5.74) is 1.39. The number of benzene rings is 1. The summed E-state index contributed by atoms with van der Waals surface area (Å²) in [5, 5.41) is 7.49. The zero-order chi connectivity index (χ0) is 19.7. The van der Waals surface area contributed by atoms with Gasteiger partial charge in [0, 0.05) is 29.1 Å². The smallest absolute Gasteiger partial charge is 0.368 e. The monoisotopic (exact) mass is 450 g/mol. The van der Waals surface area contributed by atoms with Crippen molar-refractivity contribution in [2.24, 2.45) is 0 Å². The highest BCUT2D eigenvalue weighted by atomic mass is 79.9. The second-order valence-electron chi connectivity index (χ2n) is 6.82. The fourth-order valence-corrected chi connectivity index (χ4v) is 3.43. The Morgan fingerprint density at radius 2 is 1.82 bits per heavy atom. The van der Waals surface area contributed by atoms with E-state index in [1.165, 1.54) is 24.5 Å². The highest BCUT2D eigenvalue weighted by Crippen LogP contribution is 2.44. The van der Waals surface area contributed by atoms with Crippen molar-refractivity contribution in [1.82, 2.24) is 9.97 Å². The van der Waals surface area contributed by atoms with Gasteiger partial charge in [-0.15, -0.1) is 0 Å². The van der Waals surface area contributed by atoms with Crippen LogP contribution >= 0.6 is 15.9 Å².